The molecule has 0 atom stereocenters. The topological polar surface area (TPSA) is 64.0 Å². The number of aromatic nitrogens is 2. The van der Waals surface area contributed by atoms with E-state index in [0.29, 0.717) is 6.54 Å². The van der Waals surface area contributed by atoms with E-state index >= 15 is 0 Å². The van der Waals surface area contributed by atoms with E-state index in [4.69, 9.17) is 0 Å². The lowest BCUT2D eigenvalue weighted by molar-refractivity contribution is -0.121. The van der Waals surface area contributed by atoms with E-state index < -0.39 is 0 Å². The highest BCUT2D eigenvalue weighted by molar-refractivity contribution is 9.10. The molecule has 0 bridgehead atoms. The van der Waals surface area contributed by atoms with Gasteiger partial charge in [-0.05, 0) is 35.7 Å². The molecule has 6 heteroatoms. The molecular formula is C22H22BrN3O2. The van der Waals surface area contributed by atoms with Crippen LogP contribution in [0.15, 0.2) is 69.9 Å². The standard InChI is InChI=1S/C22H22BrN3O2/c1-2-16-3-7-18(8-4-16)20-11-12-22(28)26(25-20)14-13-21(27)24-15-17-5-9-19(23)10-6-17/h3-12H,2,13-15H2,1H3,(H,24,27). The van der Waals surface area contributed by atoms with Crippen molar-refractivity contribution in [1.82, 2.24) is 15.1 Å². The van der Waals surface area contributed by atoms with Crippen molar-refractivity contribution < 1.29 is 4.79 Å². The Morgan fingerprint density at radius 3 is 2.36 bits per heavy atom. The monoisotopic (exact) mass is 439 g/mol. The van der Waals surface area contributed by atoms with Crippen LogP contribution >= 0.6 is 15.9 Å². The highest BCUT2D eigenvalue weighted by Gasteiger charge is 2.07. The molecule has 0 radical (unpaired) electrons. The number of rotatable bonds is 7. The van der Waals surface area contributed by atoms with Gasteiger partial charge in [0, 0.05) is 29.1 Å². The maximum absolute atomic E-state index is 12.1. The lowest BCUT2D eigenvalue weighted by atomic mass is 10.1. The van der Waals surface area contributed by atoms with Gasteiger partial charge in [0.2, 0.25) is 5.91 Å². The second kappa shape index (κ2) is 9.46. The normalized spacial score (nSPS) is 10.6. The van der Waals surface area contributed by atoms with Crippen LogP contribution in [0, 0.1) is 0 Å². The summed E-state index contributed by atoms with van der Waals surface area (Å²) in [5.74, 6) is -0.116. The molecule has 0 spiro atoms. The van der Waals surface area contributed by atoms with E-state index in [-0.39, 0.29) is 24.4 Å². The number of nitrogens with one attached hydrogen (secondary N) is 1. The molecule has 3 rings (SSSR count). The van der Waals surface area contributed by atoms with Gasteiger partial charge in [-0.3, -0.25) is 9.59 Å². The first-order valence-electron chi connectivity index (χ1n) is 9.24. The molecule has 0 aliphatic heterocycles. The molecule has 0 saturated carbocycles. The zero-order chi connectivity index (χ0) is 19.9. The average molecular weight is 440 g/mol. The first-order chi connectivity index (χ1) is 13.5. The van der Waals surface area contributed by atoms with E-state index in [1.165, 1.54) is 16.3 Å². The van der Waals surface area contributed by atoms with Crippen LogP contribution in [0.3, 0.4) is 0 Å². The van der Waals surface area contributed by atoms with Gasteiger partial charge in [-0.1, -0.05) is 59.3 Å². The zero-order valence-corrected chi connectivity index (χ0v) is 17.3. The minimum absolute atomic E-state index is 0.116. The van der Waals surface area contributed by atoms with E-state index in [0.717, 1.165) is 27.7 Å². The molecule has 1 aromatic heterocycles. The van der Waals surface area contributed by atoms with Crippen molar-refractivity contribution in [2.45, 2.75) is 32.9 Å². The first kappa shape index (κ1) is 20.0. The summed E-state index contributed by atoms with van der Waals surface area (Å²) in [7, 11) is 0. The van der Waals surface area contributed by atoms with Crippen molar-refractivity contribution in [1.29, 1.82) is 0 Å². The molecule has 0 fully saturated rings. The molecule has 3 aromatic rings. The number of hydrogen-bond donors (Lipinski definition) is 1. The summed E-state index contributed by atoms with van der Waals surface area (Å²) in [6.07, 6.45) is 1.17. The molecule has 28 heavy (non-hydrogen) atoms. The number of amides is 1. The number of halogens is 1. The van der Waals surface area contributed by atoms with Crippen LogP contribution in [0.5, 0.6) is 0 Å². The number of carbonyl (C=O) groups is 1. The largest absolute Gasteiger partial charge is 0.352 e. The summed E-state index contributed by atoms with van der Waals surface area (Å²) in [6, 6.07) is 19.1. The number of carbonyl (C=O) groups excluding carboxylic acids is 1. The summed E-state index contributed by atoms with van der Waals surface area (Å²) in [5, 5.41) is 7.29. The third-order valence-electron chi connectivity index (χ3n) is 4.48. The van der Waals surface area contributed by atoms with Gasteiger partial charge in [-0.2, -0.15) is 5.10 Å². The summed E-state index contributed by atoms with van der Waals surface area (Å²) in [4.78, 5) is 24.2. The molecule has 0 aliphatic rings. The number of aryl methyl sites for hydroxylation is 2. The fraction of sp³-hybridized carbons (Fsp3) is 0.227. The smallest absolute Gasteiger partial charge is 0.266 e. The van der Waals surface area contributed by atoms with Crippen molar-refractivity contribution >= 4 is 21.8 Å². The van der Waals surface area contributed by atoms with Gasteiger partial charge in [0.15, 0.2) is 0 Å². The predicted molar refractivity (Wildman–Crippen MR) is 114 cm³/mol. The third-order valence-corrected chi connectivity index (χ3v) is 5.01. The van der Waals surface area contributed by atoms with Crippen LogP contribution < -0.4 is 10.9 Å². The van der Waals surface area contributed by atoms with Gasteiger partial charge in [0.1, 0.15) is 0 Å². The van der Waals surface area contributed by atoms with Gasteiger partial charge in [0.05, 0.1) is 12.2 Å². The SMILES string of the molecule is CCc1ccc(-c2ccc(=O)n(CCC(=O)NCc3ccc(Br)cc3)n2)cc1. The summed E-state index contributed by atoms with van der Waals surface area (Å²) in [6.45, 7) is 2.80. The van der Waals surface area contributed by atoms with Crippen molar-refractivity contribution in [3.8, 4) is 11.3 Å². The van der Waals surface area contributed by atoms with Crippen LogP contribution in [0.25, 0.3) is 11.3 Å². The number of nitrogens with zero attached hydrogens (tertiary/aromatic N) is 2. The van der Waals surface area contributed by atoms with Crippen LogP contribution in [0.4, 0.5) is 0 Å². The minimum Gasteiger partial charge on any atom is -0.352 e. The van der Waals surface area contributed by atoms with Crippen LogP contribution in [-0.2, 0) is 24.3 Å². The Balaban J connectivity index is 1.60. The van der Waals surface area contributed by atoms with Crippen LogP contribution in [-0.4, -0.2) is 15.7 Å². The second-order valence-corrected chi connectivity index (χ2v) is 7.40. The highest BCUT2D eigenvalue weighted by atomic mass is 79.9. The Labute approximate surface area is 172 Å². The van der Waals surface area contributed by atoms with Crippen molar-refractivity contribution in [3.05, 3.63) is 86.6 Å². The minimum atomic E-state index is -0.213. The molecule has 0 aliphatic carbocycles. The summed E-state index contributed by atoms with van der Waals surface area (Å²) in [5.41, 5.74) is 3.72. The van der Waals surface area contributed by atoms with Crippen molar-refractivity contribution in [2.24, 2.45) is 0 Å². The van der Waals surface area contributed by atoms with Crippen LogP contribution in [0.2, 0.25) is 0 Å². The van der Waals surface area contributed by atoms with Gasteiger partial charge in [-0.25, -0.2) is 4.68 Å². The molecule has 2 aromatic carbocycles. The predicted octanol–water partition coefficient (Wildman–Crippen LogP) is 3.94. The lowest BCUT2D eigenvalue weighted by Crippen LogP contribution is -2.28. The average Bonchev–Trinajstić information content (AvgIpc) is 2.73. The summed E-state index contributed by atoms with van der Waals surface area (Å²) >= 11 is 3.39. The maximum Gasteiger partial charge on any atom is 0.266 e. The zero-order valence-electron chi connectivity index (χ0n) is 15.7. The molecule has 0 saturated heterocycles. The second-order valence-electron chi connectivity index (χ2n) is 6.48. The number of hydrogen-bond acceptors (Lipinski definition) is 3. The van der Waals surface area contributed by atoms with Crippen molar-refractivity contribution in [3.63, 3.8) is 0 Å². The van der Waals surface area contributed by atoms with E-state index in [2.05, 4.69) is 45.4 Å². The molecular weight excluding hydrogens is 418 g/mol. The Hall–Kier alpha value is -2.73. The van der Waals surface area contributed by atoms with E-state index in [9.17, 15) is 9.59 Å². The Morgan fingerprint density at radius 1 is 1.00 bits per heavy atom. The van der Waals surface area contributed by atoms with Gasteiger partial charge < -0.3 is 5.32 Å². The molecule has 1 N–H and O–H groups in total. The maximum atomic E-state index is 12.1. The summed E-state index contributed by atoms with van der Waals surface area (Å²) < 4.78 is 2.35. The highest BCUT2D eigenvalue weighted by Crippen LogP contribution is 2.16. The Morgan fingerprint density at radius 2 is 1.68 bits per heavy atom. The van der Waals surface area contributed by atoms with Gasteiger partial charge >= 0.3 is 0 Å². The van der Waals surface area contributed by atoms with Crippen LogP contribution in [0.1, 0.15) is 24.5 Å². The first-order valence-corrected chi connectivity index (χ1v) is 10.0. The van der Waals surface area contributed by atoms with E-state index in [1.807, 2.05) is 36.4 Å². The third kappa shape index (κ3) is 5.39. The molecule has 144 valence electrons. The van der Waals surface area contributed by atoms with Gasteiger partial charge in [-0.15, -0.1) is 0 Å². The lowest BCUT2D eigenvalue weighted by Gasteiger charge is -2.09. The fourth-order valence-corrected chi connectivity index (χ4v) is 3.04. The molecule has 1 heterocycles. The number of benzene rings is 2. The molecule has 0 unspecified atom stereocenters. The molecule has 5 nitrogen and oxygen atoms in total. The Kier molecular flexibility index (Phi) is 6.76. The quantitative estimate of drug-likeness (QED) is 0.606. The Bertz CT molecular complexity index is 996. The fourth-order valence-electron chi connectivity index (χ4n) is 2.77. The van der Waals surface area contributed by atoms with Crippen molar-refractivity contribution in [2.75, 3.05) is 0 Å². The van der Waals surface area contributed by atoms with Gasteiger partial charge in [0.25, 0.3) is 5.56 Å². The van der Waals surface area contributed by atoms with E-state index in [1.54, 1.807) is 6.07 Å². The molecule has 1 amide bonds.